The summed E-state index contributed by atoms with van der Waals surface area (Å²) < 4.78 is 0. The van der Waals surface area contributed by atoms with Gasteiger partial charge in [-0.1, -0.05) is 76.9 Å². The van der Waals surface area contributed by atoms with Gasteiger partial charge in [0.05, 0.1) is 19.0 Å². The Labute approximate surface area is 156 Å². The van der Waals surface area contributed by atoms with Crippen LogP contribution in [0.5, 0.6) is 0 Å². The van der Waals surface area contributed by atoms with Gasteiger partial charge < -0.3 is 10.0 Å². The first kappa shape index (κ1) is 22.2. The highest BCUT2D eigenvalue weighted by Gasteiger charge is 2.14. The van der Waals surface area contributed by atoms with Gasteiger partial charge in [0.1, 0.15) is 0 Å². The minimum atomic E-state index is 0.234. The second-order valence-corrected chi connectivity index (χ2v) is 7.34. The SMILES string of the molecule is CCCCCCCCCCCC/C=C/CCCC1=NCCN1CCO. The number of amidine groups is 1. The molecular formula is C22H42N2O. The maximum atomic E-state index is 9.04. The van der Waals surface area contributed by atoms with E-state index >= 15 is 0 Å². The molecule has 0 aromatic heterocycles. The number of nitrogens with zero attached hydrogens (tertiary/aromatic N) is 2. The molecule has 0 aromatic rings. The van der Waals surface area contributed by atoms with Crippen LogP contribution < -0.4 is 0 Å². The van der Waals surface area contributed by atoms with E-state index in [9.17, 15) is 0 Å². The molecule has 1 aliphatic heterocycles. The van der Waals surface area contributed by atoms with Gasteiger partial charge in [0.25, 0.3) is 0 Å². The molecule has 1 rings (SSSR count). The number of aliphatic hydroxyl groups is 1. The molecule has 0 atom stereocenters. The first-order chi connectivity index (χ1) is 12.4. The fourth-order valence-electron chi connectivity index (χ4n) is 3.49. The number of aliphatic hydroxyl groups excluding tert-OH is 1. The predicted octanol–water partition coefficient (Wildman–Crippen LogP) is 5.73. The average Bonchev–Trinajstić information content (AvgIpc) is 3.06. The van der Waals surface area contributed by atoms with Crippen LogP contribution in [-0.2, 0) is 0 Å². The smallest absolute Gasteiger partial charge is 0.0991 e. The molecule has 0 aliphatic carbocycles. The molecule has 0 saturated carbocycles. The van der Waals surface area contributed by atoms with Crippen molar-refractivity contribution in [1.82, 2.24) is 4.90 Å². The van der Waals surface area contributed by atoms with E-state index in [1.165, 1.54) is 82.9 Å². The molecule has 0 unspecified atom stereocenters. The third kappa shape index (κ3) is 12.2. The molecule has 0 radical (unpaired) electrons. The maximum Gasteiger partial charge on any atom is 0.0991 e. The van der Waals surface area contributed by atoms with Crippen molar-refractivity contribution < 1.29 is 5.11 Å². The summed E-state index contributed by atoms with van der Waals surface area (Å²) in [6, 6.07) is 0. The zero-order chi connectivity index (χ0) is 18.0. The van der Waals surface area contributed by atoms with E-state index in [2.05, 4.69) is 29.0 Å². The molecule has 0 amide bonds. The van der Waals surface area contributed by atoms with Gasteiger partial charge in [-0.05, 0) is 25.7 Å². The number of hydrogen-bond donors (Lipinski definition) is 1. The van der Waals surface area contributed by atoms with E-state index in [1.807, 2.05) is 0 Å². The second-order valence-electron chi connectivity index (χ2n) is 7.34. The van der Waals surface area contributed by atoms with Gasteiger partial charge in [-0.15, -0.1) is 0 Å². The summed E-state index contributed by atoms with van der Waals surface area (Å²) in [5.74, 6) is 1.21. The van der Waals surface area contributed by atoms with Gasteiger partial charge in [0, 0.05) is 19.5 Å². The van der Waals surface area contributed by atoms with Crippen molar-refractivity contribution in [2.75, 3.05) is 26.2 Å². The largest absolute Gasteiger partial charge is 0.395 e. The van der Waals surface area contributed by atoms with Crippen LogP contribution in [0, 0.1) is 0 Å². The van der Waals surface area contributed by atoms with Crippen molar-refractivity contribution in [3.8, 4) is 0 Å². The topological polar surface area (TPSA) is 35.8 Å². The van der Waals surface area contributed by atoms with Gasteiger partial charge in [-0.3, -0.25) is 4.99 Å². The van der Waals surface area contributed by atoms with E-state index in [4.69, 9.17) is 5.11 Å². The first-order valence-electron chi connectivity index (χ1n) is 10.9. The molecular weight excluding hydrogens is 308 g/mol. The molecule has 0 saturated heterocycles. The highest BCUT2D eigenvalue weighted by Crippen LogP contribution is 2.12. The van der Waals surface area contributed by atoms with Crippen molar-refractivity contribution in [1.29, 1.82) is 0 Å². The molecule has 0 aromatic carbocycles. The van der Waals surface area contributed by atoms with Gasteiger partial charge in [-0.2, -0.15) is 0 Å². The Hall–Kier alpha value is -0.830. The summed E-state index contributed by atoms with van der Waals surface area (Å²) in [5, 5.41) is 9.04. The lowest BCUT2D eigenvalue weighted by Crippen LogP contribution is -2.30. The van der Waals surface area contributed by atoms with Crippen LogP contribution >= 0.6 is 0 Å². The van der Waals surface area contributed by atoms with Crippen LogP contribution in [0.15, 0.2) is 17.1 Å². The molecule has 1 heterocycles. The van der Waals surface area contributed by atoms with Gasteiger partial charge in [-0.25, -0.2) is 0 Å². The Bertz CT molecular complexity index is 352. The highest BCUT2D eigenvalue weighted by molar-refractivity contribution is 5.83. The molecule has 0 spiro atoms. The molecule has 0 bridgehead atoms. The van der Waals surface area contributed by atoms with E-state index < -0.39 is 0 Å². The summed E-state index contributed by atoms with van der Waals surface area (Å²) in [6.45, 7) is 5.16. The summed E-state index contributed by atoms with van der Waals surface area (Å²) >= 11 is 0. The van der Waals surface area contributed by atoms with Gasteiger partial charge >= 0.3 is 0 Å². The minimum absolute atomic E-state index is 0.234. The zero-order valence-corrected chi connectivity index (χ0v) is 16.7. The lowest BCUT2D eigenvalue weighted by atomic mass is 10.1. The van der Waals surface area contributed by atoms with Gasteiger partial charge in [0.2, 0.25) is 0 Å². The Kier molecular flexibility index (Phi) is 14.8. The first-order valence-corrected chi connectivity index (χ1v) is 10.9. The molecule has 3 nitrogen and oxygen atoms in total. The number of unbranched alkanes of at least 4 members (excludes halogenated alkanes) is 11. The van der Waals surface area contributed by atoms with E-state index in [0.717, 1.165) is 32.5 Å². The fourth-order valence-corrected chi connectivity index (χ4v) is 3.49. The molecule has 1 N–H and O–H groups in total. The quantitative estimate of drug-likeness (QED) is 0.268. The zero-order valence-electron chi connectivity index (χ0n) is 16.7. The fraction of sp³-hybridized carbons (Fsp3) is 0.864. The summed E-state index contributed by atoms with van der Waals surface area (Å²) in [7, 11) is 0. The van der Waals surface area contributed by atoms with Crippen LogP contribution in [0.25, 0.3) is 0 Å². The molecule has 0 fully saturated rings. The maximum absolute atomic E-state index is 9.04. The third-order valence-corrected chi connectivity index (χ3v) is 5.06. The lowest BCUT2D eigenvalue weighted by molar-refractivity contribution is 0.255. The predicted molar refractivity (Wildman–Crippen MR) is 110 cm³/mol. The summed E-state index contributed by atoms with van der Waals surface area (Å²) in [4.78, 5) is 6.78. The highest BCUT2D eigenvalue weighted by atomic mass is 16.3. The van der Waals surface area contributed by atoms with Crippen LogP contribution in [0.1, 0.15) is 96.8 Å². The third-order valence-electron chi connectivity index (χ3n) is 5.06. The van der Waals surface area contributed by atoms with Crippen LogP contribution in [0.4, 0.5) is 0 Å². The lowest BCUT2D eigenvalue weighted by Gasteiger charge is -2.18. The van der Waals surface area contributed by atoms with E-state index in [-0.39, 0.29) is 6.61 Å². The minimum Gasteiger partial charge on any atom is -0.395 e. The number of hydrogen-bond acceptors (Lipinski definition) is 3. The van der Waals surface area contributed by atoms with E-state index in [1.54, 1.807) is 0 Å². The van der Waals surface area contributed by atoms with Crippen LogP contribution in [0.3, 0.4) is 0 Å². The van der Waals surface area contributed by atoms with Crippen molar-refractivity contribution in [3.05, 3.63) is 12.2 Å². The van der Waals surface area contributed by atoms with Crippen LogP contribution in [-0.4, -0.2) is 42.1 Å². The van der Waals surface area contributed by atoms with Crippen molar-refractivity contribution in [3.63, 3.8) is 0 Å². The van der Waals surface area contributed by atoms with Crippen molar-refractivity contribution in [2.45, 2.75) is 96.8 Å². The van der Waals surface area contributed by atoms with E-state index in [0.29, 0.717) is 0 Å². The van der Waals surface area contributed by atoms with Crippen LogP contribution in [0.2, 0.25) is 0 Å². The average molecular weight is 351 g/mol. The standard InChI is InChI=1S/C22H42N2O/c1-2-3-4-5-6-7-8-9-10-11-12-13-14-15-16-17-22-23-18-19-24(22)20-21-25/h13-14,25H,2-12,15-21H2,1H3/b14-13+. The Morgan fingerprint density at radius 1 is 0.880 bits per heavy atom. The molecule has 25 heavy (non-hydrogen) atoms. The normalized spacial score (nSPS) is 14.6. The monoisotopic (exact) mass is 350 g/mol. The summed E-state index contributed by atoms with van der Waals surface area (Å²) in [6.07, 6.45) is 23.5. The van der Waals surface area contributed by atoms with Gasteiger partial charge in [0.15, 0.2) is 0 Å². The second kappa shape index (κ2) is 16.6. The molecule has 3 heteroatoms. The Balaban J connectivity index is 1.83. The number of allylic oxidation sites excluding steroid dienone is 2. The number of rotatable bonds is 17. The van der Waals surface area contributed by atoms with Crippen molar-refractivity contribution in [2.24, 2.45) is 4.99 Å². The molecule has 1 aliphatic rings. The molecule has 146 valence electrons. The van der Waals surface area contributed by atoms with Crippen molar-refractivity contribution >= 4 is 5.84 Å². The Morgan fingerprint density at radius 2 is 1.48 bits per heavy atom. The summed E-state index contributed by atoms with van der Waals surface area (Å²) in [5.41, 5.74) is 0. The number of β-amino-alcohol motifs (C(OH)–C–C–N with tert-alkyl or cyclic N) is 1. The number of aliphatic imine (C=N–C) groups is 1. The Morgan fingerprint density at radius 3 is 2.12 bits per heavy atom.